The van der Waals surface area contributed by atoms with Crippen molar-refractivity contribution in [2.45, 2.75) is 37.5 Å². The van der Waals surface area contributed by atoms with E-state index in [4.69, 9.17) is 0 Å². The van der Waals surface area contributed by atoms with Gasteiger partial charge >= 0.3 is 0 Å². The Balaban J connectivity index is 2.16. The summed E-state index contributed by atoms with van der Waals surface area (Å²) in [7, 11) is 0. The van der Waals surface area contributed by atoms with E-state index in [-0.39, 0.29) is 17.3 Å². The third-order valence-corrected chi connectivity index (χ3v) is 2.69. The first-order valence-electron chi connectivity index (χ1n) is 4.73. The number of thiol groups is 1. The van der Waals surface area contributed by atoms with Crippen molar-refractivity contribution < 1.29 is 9.90 Å². The molecule has 4 heteroatoms. The van der Waals surface area contributed by atoms with Gasteiger partial charge in [0.15, 0.2) is 0 Å². The molecule has 0 heterocycles. The van der Waals surface area contributed by atoms with E-state index in [1.165, 1.54) is 0 Å². The molecule has 1 saturated carbocycles. The molecule has 1 rings (SSSR count). The molecule has 1 amide bonds. The number of amides is 1. The van der Waals surface area contributed by atoms with E-state index in [2.05, 4.69) is 17.9 Å². The van der Waals surface area contributed by atoms with Crippen molar-refractivity contribution in [3.05, 3.63) is 0 Å². The molecule has 0 aliphatic heterocycles. The number of hydrogen-bond acceptors (Lipinski definition) is 3. The fourth-order valence-electron chi connectivity index (χ4n) is 1.63. The lowest BCUT2D eigenvalue weighted by molar-refractivity contribution is -0.120. The van der Waals surface area contributed by atoms with Crippen LogP contribution < -0.4 is 5.32 Å². The molecule has 3 unspecified atom stereocenters. The molecule has 0 aromatic heterocycles. The summed E-state index contributed by atoms with van der Waals surface area (Å²) in [6, 6.07) is 0. The molecule has 3 nitrogen and oxygen atoms in total. The van der Waals surface area contributed by atoms with Crippen molar-refractivity contribution in [1.29, 1.82) is 0 Å². The summed E-state index contributed by atoms with van der Waals surface area (Å²) >= 11 is 4.03. The maximum Gasteiger partial charge on any atom is 0.232 e. The quantitative estimate of drug-likeness (QED) is 0.588. The summed E-state index contributed by atoms with van der Waals surface area (Å²) in [5.74, 6) is 0.427. The molecule has 1 aliphatic rings. The van der Waals surface area contributed by atoms with Crippen LogP contribution in [0.15, 0.2) is 0 Å². The second-order valence-corrected chi connectivity index (χ2v) is 4.53. The van der Waals surface area contributed by atoms with Crippen LogP contribution in [0.2, 0.25) is 0 Å². The number of carbonyl (C=O) groups is 1. The number of rotatable bonds is 3. The summed E-state index contributed by atoms with van der Waals surface area (Å²) < 4.78 is 0. The minimum Gasteiger partial charge on any atom is -0.393 e. The first-order valence-corrected chi connectivity index (χ1v) is 5.25. The zero-order valence-electron chi connectivity index (χ0n) is 7.86. The smallest absolute Gasteiger partial charge is 0.232 e. The van der Waals surface area contributed by atoms with Gasteiger partial charge in [0.2, 0.25) is 5.91 Å². The third-order valence-electron chi connectivity index (χ3n) is 2.46. The van der Waals surface area contributed by atoms with Gasteiger partial charge in [-0.2, -0.15) is 12.6 Å². The standard InChI is InChI=1S/C9H17NO2S/c1-6(13)9(12)10-5-7-2-3-8(11)4-7/h6-8,11,13H,2-5H2,1H3,(H,10,12). The van der Waals surface area contributed by atoms with Crippen molar-refractivity contribution in [3.63, 3.8) is 0 Å². The molecule has 2 N–H and O–H groups in total. The summed E-state index contributed by atoms with van der Waals surface area (Å²) in [5.41, 5.74) is 0. The Bertz CT molecular complexity index is 184. The van der Waals surface area contributed by atoms with Gasteiger partial charge < -0.3 is 10.4 Å². The molecule has 0 saturated heterocycles. The van der Waals surface area contributed by atoms with Gasteiger partial charge in [-0.25, -0.2) is 0 Å². The number of hydrogen-bond donors (Lipinski definition) is 3. The molecule has 0 radical (unpaired) electrons. The maximum absolute atomic E-state index is 11.1. The van der Waals surface area contributed by atoms with Crippen molar-refractivity contribution >= 4 is 18.5 Å². The topological polar surface area (TPSA) is 49.3 Å². The van der Waals surface area contributed by atoms with Crippen molar-refractivity contribution in [2.24, 2.45) is 5.92 Å². The van der Waals surface area contributed by atoms with E-state index in [0.717, 1.165) is 19.3 Å². The van der Waals surface area contributed by atoms with Gasteiger partial charge in [-0.05, 0) is 32.1 Å². The van der Waals surface area contributed by atoms with Gasteiger partial charge in [0.25, 0.3) is 0 Å². The monoisotopic (exact) mass is 203 g/mol. The highest BCUT2D eigenvalue weighted by atomic mass is 32.1. The van der Waals surface area contributed by atoms with E-state index in [9.17, 15) is 9.90 Å². The molecule has 3 atom stereocenters. The van der Waals surface area contributed by atoms with Crippen LogP contribution in [0.4, 0.5) is 0 Å². The Morgan fingerprint density at radius 1 is 1.69 bits per heavy atom. The molecule has 76 valence electrons. The molecule has 0 aromatic rings. The average molecular weight is 203 g/mol. The normalized spacial score (nSPS) is 30.1. The minimum absolute atomic E-state index is 0.0234. The SMILES string of the molecule is CC(S)C(=O)NCC1CCC(O)C1. The first-order chi connectivity index (χ1) is 6.09. The first kappa shape index (κ1) is 10.9. The second kappa shape index (κ2) is 4.86. The number of aliphatic hydroxyl groups is 1. The van der Waals surface area contributed by atoms with E-state index in [1.54, 1.807) is 6.92 Å². The molecule has 13 heavy (non-hydrogen) atoms. The molecule has 0 spiro atoms. The summed E-state index contributed by atoms with van der Waals surface area (Å²) in [4.78, 5) is 11.1. The van der Waals surface area contributed by atoms with E-state index < -0.39 is 0 Å². The molecular weight excluding hydrogens is 186 g/mol. The highest BCUT2D eigenvalue weighted by Gasteiger charge is 2.23. The lowest BCUT2D eigenvalue weighted by atomic mass is 10.1. The third kappa shape index (κ3) is 3.56. The molecular formula is C9H17NO2S. The minimum atomic E-state index is -0.244. The lowest BCUT2D eigenvalue weighted by Crippen LogP contribution is -2.33. The summed E-state index contributed by atoms with van der Waals surface area (Å²) in [5, 5.41) is 11.8. The number of nitrogens with one attached hydrogen (secondary N) is 1. The van der Waals surface area contributed by atoms with Gasteiger partial charge in [-0.1, -0.05) is 0 Å². The van der Waals surface area contributed by atoms with Crippen LogP contribution in [0.25, 0.3) is 0 Å². The van der Waals surface area contributed by atoms with E-state index in [1.807, 2.05) is 0 Å². The summed E-state index contributed by atoms with van der Waals surface area (Å²) in [6.07, 6.45) is 2.55. The van der Waals surface area contributed by atoms with Gasteiger partial charge in [-0.15, -0.1) is 0 Å². The van der Waals surface area contributed by atoms with Gasteiger partial charge in [0.1, 0.15) is 0 Å². The van der Waals surface area contributed by atoms with Crippen LogP contribution >= 0.6 is 12.6 Å². The van der Waals surface area contributed by atoms with E-state index >= 15 is 0 Å². The number of carbonyl (C=O) groups excluding carboxylic acids is 1. The second-order valence-electron chi connectivity index (χ2n) is 3.75. The van der Waals surface area contributed by atoms with Crippen LogP contribution in [-0.4, -0.2) is 28.9 Å². The lowest BCUT2D eigenvalue weighted by Gasteiger charge is -2.11. The fourth-order valence-corrected chi connectivity index (χ4v) is 1.72. The van der Waals surface area contributed by atoms with Crippen molar-refractivity contribution in [1.82, 2.24) is 5.32 Å². The molecule has 1 aliphatic carbocycles. The Labute approximate surface area is 84.3 Å². The maximum atomic E-state index is 11.1. The van der Waals surface area contributed by atoms with Crippen molar-refractivity contribution in [2.75, 3.05) is 6.54 Å². The molecule has 1 fully saturated rings. The Kier molecular flexibility index (Phi) is 4.06. The average Bonchev–Trinajstić information content (AvgIpc) is 2.47. The van der Waals surface area contributed by atoms with Gasteiger partial charge in [0.05, 0.1) is 11.4 Å². The fraction of sp³-hybridized carbons (Fsp3) is 0.889. The highest BCUT2D eigenvalue weighted by molar-refractivity contribution is 7.81. The van der Waals surface area contributed by atoms with Crippen LogP contribution in [0, 0.1) is 5.92 Å². The van der Waals surface area contributed by atoms with Crippen LogP contribution in [0.3, 0.4) is 0 Å². The van der Waals surface area contributed by atoms with Crippen LogP contribution in [-0.2, 0) is 4.79 Å². The zero-order valence-corrected chi connectivity index (χ0v) is 8.76. The van der Waals surface area contributed by atoms with Gasteiger partial charge in [0, 0.05) is 6.54 Å². The number of aliphatic hydroxyl groups excluding tert-OH is 1. The predicted molar refractivity (Wildman–Crippen MR) is 54.8 cm³/mol. The summed E-state index contributed by atoms with van der Waals surface area (Å²) in [6.45, 7) is 2.43. The van der Waals surface area contributed by atoms with Gasteiger partial charge in [-0.3, -0.25) is 4.79 Å². The van der Waals surface area contributed by atoms with E-state index in [0.29, 0.717) is 12.5 Å². The molecule has 0 bridgehead atoms. The predicted octanol–water partition coefficient (Wildman–Crippen LogP) is 0.582. The Morgan fingerprint density at radius 3 is 2.85 bits per heavy atom. The highest BCUT2D eigenvalue weighted by Crippen LogP contribution is 2.24. The Hall–Kier alpha value is -0.220. The van der Waals surface area contributed by atoms with Crippen LogP contribution in [0.5, 0.6) is 0 Å². The van der Waals surface area contributed by atoms with Crippen LogP contribution in [0.1, 0.15) is 26.2 Å². The zero-order chi connectivity index (χ0) is 9.84. The largest absolute Gasteiger partial charge is 0.393 e. The van der Waals surface area contributed by atoms with Crippen molar-refractivity contribution in [3.8, 4) is 0 Å². The Morgan fingerprint density at radius 2 is 2.38 bits per heavy atom. The molecule has 0 aromatic carbocycles.